The maximum atomic E-state index is 11.5. The van der Waals surface area contributed by atoms with Crippen LogP contribution in [0.15, 0.2) is 18.2 Å². The number of anilines is 1. The maximum Gasteiger partial charge on any atom is 0.324 e. The van der Waals surface area contributed by atoms with E-state index in [9.17, 15) is 19.7 Å². The van der Waals surface area contributed by atoms with Gasteiger partial charge in [-0.2, -0.15) is 0 Å². The number of hydrogen-bond acceptors (Lipinski definition) is 6. The van der Waals surface area contributed by atoms with E-state index in [4.69, 9.17) is 5.84 Å². The molecule has 9 heteroatoms. The molecule has 4 N–H and O–H groups in total. The lowest BCUT2D eigenvalue weighted by Crippen LogP contribution is -2.31. The molecule has 0 aromatic heterocycles. The van der Waals surface area contributed by atoms with Crippen LogP contribution >= 0.6 is 0 Å². The second-order valence-electron chi connectivity index (χ2n) is 3.85. The number of nitrogens with zero attached hydrogens (tertiary/aromatic N) is 2. The van der Waals surface area contributed by atoms with Gasteiger partial charge in [0.1, 0.15) is 5.69 Å². The van der Waals surface area contributed by atoms with Crippen molar-refractivity contribution in [3.63, 3.8) is 0 Å². The molecule has 1 heterocycles. The van der Waals surface area contributed by atoms with Crippen molar-refractivity contribution in [1.82, 2.24) is 10.2 Å². The molecule has 1 aromatic rings. The Balaban J connectivity index is 2.35. The van der Waals surface area contributed by atoms with Gasteiger partial charge < -0.3 is 10.7 Å². The monoisotopic (exact) mass is 265 g/mol. The van der Waals surface area contributed by atoms with Gasteiger partial charge in [-0.15, -0.1) is 0 Å². The van der Waals surface area contributed by atoms with Crippen LogP contribution in [0.25, 0.3) is 0 Å². The Hall–Kier alpha value is -2.68. The minimum atomic E-state index is -0.593. The number of carbonyl (C=O) groups excluding carboxylic acids is 2. The number of nitro benzene ring substituents is 1. The van der Waals surface area contributed by atoms with Crippen molar-refractivity contribution in [3.8, 4) is 0 Å². The standard InChI is InChI=1S/C10H11N5O4/c11-13-9-6(2-1-3-7(9)15(18)19)5-14-8(16)4-12-10(14)17/h1-3,13H,4-5,11H2,(H,12,17). The number of benzene rings is 1. The highest BCUT2D eigenvalue weighted by molar-refractivity contribution is 6.02. The number of nitrogen functional groups attached to an aromatic ring is 1. The molecule has 0 atom stereocenters. The first-order valence-electron chi connectivity index (χ1n) is 5.35. The number of amides is 3. The van der Waals surface area contributed by atoms with Crippen molar-refractivity contribution < 1.29 is 14.5 Å². The number of nitrogens with one attached hydrogen (secondary N) is 2. The quantitative estimate of drug-likeness (QED) is 0.302. The van der Waals surface area contributed by atoms with Crippen LogP contribution in [0.5, 0.6) is 0 Å². The third-order valence-corrected chi connectivity index (χ3v) is 2.74. The summed E-state index contributed by atoms with van der Waals surface area (Å²) in [6.45, 7) is -0.148. The number of para-hydroxylation sites is 1. The van der Waals surface area contributed by atoms with E-state index in [2.05, 4.69) is 10.7 Å². The Labute approximate surface area is 107 Å². The van der Waals surface area contributed by atoms with E-state index in [1.165, 1.54) is 12.1 Å². The van der Waals surface area contributed by atoms with Crippen molar-refractivity contribution >= 4 is 23.3 Å². The number of nitro groups is 1. The summed E-state index contributed by atoms with van der Waals surface area (Å²) in [5.41, 5.74) is 2.50. The first-order chi connectivity index (χ1) is 9.04. The zero-order valence-electron chi connectivity index (χ0n) is 9.75. The molecule has 3 amide bonds. The lowest BCUT2D eigenvalue weighted by molar-refractivity contribution is -0.384. The highest BCUT2D eigenvalue weighted by atomic mass is 16.6. The van der Waals surface area contributed by atoms with E-state index < -0.39 is 11.0 Å². The molecule has 19 heavy (non-hydrogen) atoms. The van der Waals surface area contributed by atoms with Gasteiger partial charge in [0, 0.05) is 11.6 Å². The molecular weight excluding hydrogens is 254 g/mol. The molecule has 1 aliphatic rings. The average molecular weight is 265 g/mol. The first-order valence-corrected chi connectivity index (χ1v) is 5.35. The molecular formula is C10H11N5O4. The molecule has 1 aliphatic heterocycles. The molecule has 0 spiro atoms. The maximum absolute atomic E-state index is 11.5. The number of carbonyl (C=O) groups is 2. The lowest BCUT2D eigenvalue weighted by atomic mass is 10.1. The highest BCUT2D eigenvalue weighted by Crippen LogP contribution is 2.28. The molecule has 0 radical (unpaired) electrons. The van der Waals surface area contributed by atoms with Gasteiger partial charge in [0.25, 0.3) is 5.69 Å². The van der Waals surface area contributed by atoms with Gasteiger partial charge in [0.2, 0.25) is 5.91 Å². The van der Waals surface area contributed by atoms with Crippen LogP contribution in [0, 0.1) is 10.1 Å². The summed E-state index contributed by atoms with van der Waals surface area (Å²) in [4.78, 5) is 34.1. The second kappa shape index (κ2) is 4.90. The van der Waals surface area contributed by atoms with Crippen LogP contribution in [-0.2, 0) is 11.3 Å². The van der Waals surface area contributed by atoms with E-state index in [0.29, 0.717) is 5.56 Å². The van der Waals surface area contributed by atoms with Gasteiger partial charge >= 0.3 is 6.03 Å². The van der Waals surface area contributed by atoms with Gasteiger partial charge in [-0.25, -0.2) is 4.79 Å². The van der Waals surface area contributed by atoms with Gasteiger partial charge in [-0.3, -0.25) is 25.7 Å². The number of rotatable bonds is 4. The molecule has 1 fully saturated rings. The van der Waals surface area contributed by atoms with Crippen molar-refractivity contribution in [3.05, 3.63) is 33.9 Å². The van der Waals surface area contributed by atoms with Gasteiger partial charge in [0.05, 0.1) is 18.0 Å². The molecule has 0 bridgehead atoms. The molecule has 0 saturated carbocycles. The number of hydrazine groups is 1. The predicted molar refractivity (Wildman–Crippen MR) is 64.9 cm³/mol. The molecule has 0 unspecified atom stereocenters. The fourth-order valence-corrected chi connectivity index (χ4v) is 1.82. The van der Waals surface area contributed by atoms with Crippen LogP contribution in [0.1, 0.15) is 5.56 Å². The Morgan fingerprint density at radius 3 is 2.74 bits per heavy atom. The molecule has 1 saturated heterocycles. The Morgan fingerprint density at radius 1 is 1.47 bits per heavy atom. The van der Waals surface area contributed by atoms with Crippen molar-refractivity contribution in [2.45, 2.75) is 6.54 Å². The van der Waals surface area contributed by atoms with Gasteiger partial charge in [-0.05, 0) is 0 Å². The van der Waals surface area contributed by atoms with E-state index in [1.54, 1.807) is 6.07 Å². The summed E-state index contributed by atoms with van der Waals surface area (Å²) < 4.78 is 0. The van der Waals surface area contributed by atoms with Crippen LogP contribution in [0.4, 0.5) is 16.2 Å². The first kappa shape index (κ1) is 12.8. The molecule has 9 nitrogen and oxygen atoms in total. The summed E-state index contributed by atoms with van der Waals surface area (Å²) >= 11 is 0. The van der Waals surface area contributed by atoms with Crippen LogP contribution in [-0.4, -0.2) is 28.3 Å². The van der Waals surface area contributed by atoms with Crippen LogP contribution < -0.4 is 16.6 Å². The Bertz CT molecular complexity index is 543. The fourth-order valence-electron chi connectivity index (χ4n) is 1.82. The Morgan fingerprint density at radius 2 is 2.21 bits per heavy atom. The summed E-state index contributed by atoms with van der Waals surface area (Å²) in [6, 6.07) is 3.78. The van der Waals surface area contributed by atoms with E-state index >= 15 is 0 Å². The SMILES string of the molecule is NNc1c(CN2C(=O)CNC2=O)cccc1[N+](=O)[O-]. The minimum Gasteiger partial charge on any atom is -0.329 e. The summed E-state index contributed by atoms with van der Waals surface area (Å²) in [5, 5.41) is 13.2. The third kappa shape index (κ3) is 2.31. The third-order valence-electron chi connectivity index (χ3n) is 2.74. The van der Waals surface area contributed by atoms with Crippen molar-refractivity contribution in [2.24, 2.45) is 5.84 Å². The van der Waals surface area contributed by atoms with E-state index in [0.717, 1.165) is 4.90 Å². The van der Waals surface area contributed by atoms with Crippen LogP contribution in [0.3, 0.4) is 0 Å². The largest absolute Gasteiger partial charge is 0.329 e. The zero-order valence-corrected chi connectivity index (χ0v) is 9.75. The average Bonchev–Trinajstić information content (AvgIpc) is 2.70. The van der Waals surface area contributed by atoms with Crippen LogP contribution in [0.2, 0.25) is 0 Å². The predicted octanol–water partition coefficient (Wildman–Crippen LogP) is -0.0678. The smallest absolute Gasteiger partial charge is 0.324 e. The summed E-state index contributed by atoms with van der Waals surface area (Å²) in [6.07, 6.45) is 0. The normalized spacial score (nSPS) is 14.5. The number of imide groups is 1. The molecule has 2 rings (SSSR count). The lowest BCUT2D eigenvalue weighted by Gasteiger charge is -2.15. The van der Waals surface area contributed by atoms with Crippen molar-refractivity contribution in [2.75, 3.05) is 12.0 Å². The number of hydrogen-bond donors (Lipinski definition) is 3. The molecule has 100 valence electrons. The molecule has 1 aromatic carbocycles. The van der Waals surface area contributed by atoms with Gasteiger partial charge in [-0.1, -0.05) is 12.1 Å². The van der Waals surface area contributed by atoms with E-state index in [1.807, 2.05) is 0 Å². The highest BCUT2D eigenvalue weighted by Gasteiger charge is 2.30. The minimum absolute atomic E-state index is 0.0703. The summed E-state index contributed by atoms with van der Waals surface area (Å²) in [7, 11) is 0. The summed E-state index contributed by atoms with van der Waals surface area (Å²) in [5.74, 6) is 4.88. The Kier molecular flexibility index (Phi) is 3.29. The number of urea groups is 1. The van der Waals surface area contributed by atoms with Gasteiger partial charge in [0.15, 0.2) is 0 Å². The molecule has 0 aliphatic carbocycles. The number of nitrogens with two attached hydrogens (primary N) is 1. The fraction of sp³-hybridized carbons (Fsp3) is 0.200. The van der Waals surface area contributed by atoms with Crippen molar-refractivity contribution in [1.29, 1.82) is 0 Å². The van der Waals surface area contributed by atoms with E-state index in [-0.39, 0.29) is 30.4 Å². The second-order valence-corrected chi connectivity index (χ2v) is 3.85. The zero-order chi connectivity index (χ0) is 14.0. The topological polar surface area (TPSA) is 131 Å².